The van der Waals surface area contributed by atoms with Gasteiger partial charge in [-0.1, -0.05) is 341 Å². The predicted octanol–water partition coefficient (Wildman–Crippen LogP) is 20.8. The molecular weight excluding hydrogens is 887 g/mol. The van der Waals surface area contributed by atoms with Crippen molar-refractivity contribution in [2.75, 3.05) is 13.2 Å². The fourth-order valence-electron chi connectivity index (χ4n) is 10.5. The van der Waals surface area contributed by atoms with Crippen molar-refractivity contribution in [3.05, 3.63) is 12.2 Å². The lowest BCUT2D eigenvalue weighted by Crippen LogP contribution is -2.45. The van der Waals surface area contributed by atoms with Crippen molar-refractivity contribution in [2.45, 2.75) is 386 Å². The number of amides is 1. The Bertz CT molecular complexity index is 1080. The van der Waals surface area contributed by atoms with Crippen LogP contribution in [0.25, 0.3) is 0 Å². The Morgan fingerprint density at radius 2 is 0.639 bits per heavy atom. The summed E-state index contributed by atoms with van der Waals surface area (Å²) in [6.07, 6.45) is 75.4. The fourth-order valence-corrected chi connectivity index (χ4v) is 10.5. The van der Waals surface area contributed by atoms with Gasteiger partial charge in [0.05, 0.1) is 25.4 Å². The third kappa shape index (κ3) is 57.9. The van der Waals surface area contributed by atoms with Crippen LogP contribution >= 0.6 is 0 Å². The van der Waals surface area contributed by atoms with Crippen LogP contribution in [0.3, 0.4) is 0 Å². The molecule has 3 N–H and O–H groups in total. The highest BCUT2D eigenvalue weighted by molar-refractivity contribution is 5.76. The highest BCUT2D eigenvalue weighted by Gasteiger charge is 2.18. The summed E-state index contributed by atoms with van der Waals surface area (Å²) in [5.41, 5.74) is 0. The summed E-state index contributed by atoms with van der Waals surface area (Å²) >= 11 is 0. The highest BCUT2D eigenvalue weighted by Crippen LogP contribution is 2.19. The molecule has 0 radical (unpaired) electrons. The largest absolute Gasteiger partial charge is 0.466 e. The zero-order valence-electron chi connectivity index (χ0n) is 48.9. The normalized spacial score (nSPS) is 12.6. The van der Waals surface area contributed by atoms with E-state index < -0.39 is 12.1 Å². The Morgan fingerprint density at radius 3 is 0.944 bits per heavy atom. The Balaban J connectivity index is 3.44. The molecule has 0 aliphatic rings. The van der Waals surface area contributed by atoms with Gasteiger partial charge in [0.25, 0.3) is 0 Å². The van der Waals surface area contributed by atoms with E-state index in [0.717, 1.165) is 44.9 Å². The number of rotatable bonds is 62. The molecule has 0 rings (SSSR count). The first-order valence-electron chi connectivity index (χ1n) is 33.0. The predicted molar refractivity (Wildman–Crippen MR) is 315 cm³/mol. The van der Waals surface area contributed by atoms with E-state index in [4.69, 9.17) is 4.74 Å². The van der Waals surface area contributed by atoms with E-state index in [1.807, 2.05) is 6.08 Å². The number of hydrogen-bond acceptors (Lipinski definition) is 5. The van der Waals surface area contributed by atoms with Gasteiger partial charge >= 0.3 is 5.97 Å². The maximum absolute atomic E-state index is 12.5. The van der Waals surface area contributed by atoms with Crippen molar-refractivity contribution >= 4 is 11.9 Å². The topological polar surface area (TPSA) is 95.9 Å². The van der Waals surface area contributed by atoms with Crippen LogP contribution in [0.1, 0.15) is 373 Å². The number of hydrogen-bond donors (Lipinski definition) is 3. The molecule has 2 atom stereocenters. The minimum atomic E-state index is -0.850. The van der Waals surface area contributed by atoms with E-state index in [1.54, 1.807) is 6.08 Å². The number of carbonyl (C=O) groups is 2. The van der Waals surface area contributed by atoms with Crippen molar-refractivity contribution < 1.29 is 24.5 Å². The average Bonchev–Trinajstić information content (AvgIpc) is 3.38. The average molecular weight is 1020 g/mol. The van der Waals surface area contributed by atoms with Gasteiger partial charge < -0.3 is 20.3 Å². The van der Waals surface area contributed by atoms with E-state index in [0.29, 0.717) is 19.4 Å². The van der Waals surface area contributed by atoms with Crippen LogP contribution in [-0.2, 0) is 14.3 Å². The molecule has 2 unspecified atom stereocenters. The zero-order chi connectivity index (χ0) is 52.2. The monoisotopic (exact) mass is 1020 g/mol. The molecular formula is C66H129NO5. The summed E-state index contributed by atoms with van der Waals surface area (Å²) in [4.78, 5) is 24.6. The Kier molecular flexibility index (Phi) is 60.9. The molecule has 0 aliphatic carbocycles. The number of allylic oxidation sites excluding steroid dienone is 1. The molecule has 0 spiro atoms. The molecule has 1 amide bonds. The fraction of sp³-hybridized carbons (Fsp3) is 0.939. The first-order valence-corrected chi connectivity index (χ1v) is 33.0. The number of aliphatic hydroxyl groups excluding tert-OH is 2. The zero-order valence-corrected chi connectivity index (χ0v) is 48.9. The van der Waals surface area contributed by atoms with Crippen molar-refractivity contribution in [3.63, 3.8) is 0 Å². The number of carbonyl (C=O) groups excluding carboxylic acids is 2. The Morgan fingerprint density at radius 1 is 0.375 bits per heavy atom. The molecule has 6 nitrogen and oxygen atoms in total. The Hall–Kier alpha value is -1.40. The summed E-state index contributed by atoms with van der Waals surface area (Å²) in [6.45, 7) is 4.93. The lowest BCUT2D eigenvalue weighted by Gasteiger charge is -2.20. The van der Waals surface area contributed by atoms with Crippen molar-refractivity contribution in [1.29, 1.82) is 0 Å². The first kappa shape index (κ1) is 70.6. The molecule has 428 valence electrons. The molecule has 72 heavy (non-hydrogen) atoms. The van der Waals surface area contributed by atoms with Crippen LogP contribution < -0.4 is 5.32 Å². The van der Waals surface area contributed by atoms with Gasteiger partial charge in [0.15, 0.2) is 0 Å². The van der Waals surface area contributed by atoms with Gasteiger partial charge in [-0.3, -0.25) is 9.59 Å². The highest BCUT2D eigenvalue weighted by atomic mass is 16.5. The number of ether oxygens (including phenoxy) is 1. The van der Waals surface area contributed by atoms with Gasteiger partial charge in [-0.25, -0.2) is 0 Å². The minimum absolute atomic E-state index is 0.00629. The molecule has 0 aliphatic heterocycles. The van der Waals surface area contributed by atoms with Gasteiger partial charge in [-0.05, 0) is 32.1 Å². The second-order valence-corrected chi connectivity index (χ2v) is 22.8. The molecule has 0 aromatic heterocycles. The molecule has 0 saturated carbocycles. The summed E-state index contributed by atoms with van der Waals surface area (Å²) in [5, 5.41) is 23.2. The van der Waals surface area contributed by atoms with E-state index in [1.165, 1.54) is 302 Å². The second kappa shape index (κ2) is 62.1. The minimum Gasteiger partial charge on any atom is -0.466 e. The van der Waals surface area contributed by atoms with Crippen molar-refractivity contribution in [3.8, 4) is 0 Å². The SMILES string of the molecule is CCCCCCCCCCCCCCCCCCCCCCCC/C=C/C(O)C(CO)NC(=O)CCCCCCCCCCCCCCCCCCOC(=O)CCCCCCCCCCCCCCCCC. The third-order valence-corrected chi connectivity index (χ3v) is 15.6. The molecule has 0 heterocycles. The lowest BCUT2D eigenvalue weighted by atomic mass is 10.0. The maximum Gasteiger partial charge on any atom is 0.305 e. The van der Waals surface area contributed by atoms with Crippen molar-refractivity contribution in [2.24, 2.45) is 0 Å². The number of aliphatic hydroxyl groups is 2. The van der Waals surface area contributed by atoms with Crippen LogP contribution in [-0.4, -0.2) is 47.4 Å². The van der Waals surface area contributed by atoms with E-state index in [9.17, 15) is 19.8 Å². The van der Waals surface area contributed by atoms with Gasteiger partial charge in [-0.2, -0.15) is 0 Å². The van der Waals surface area contributed by atoms with Gasteiger partial charge in [0.2, 0.25) is 5.91 Å². The smallest absolute Gasteiger partial charge is 0.305 e. The van der Waals surface area contributed by atoms with Crippen LogP contribution in [0.5, 0.6) is 0 Å². The second-order valence-electron chi connectivity index (χ2n) is 22.8. The quantitative estimate of drug-likeness (QED) is 0.0320. The molecule has 6 heteroatoms. The summed E-state index contributed by atoms with van der Waals surface area (Å²) in [5.74, 6) is -0.0637. The van der Waals surface area contributed by atoms with Crippen LogP contribution in [0.2, 0.25) is 0 Å². The van der Waals surface area contributed by atoms with Gasteiger partial charge in [-0.15, -0.1) is 0 Å². The standard InChI is InChI=1S/C66H129NO5/c1-3-5-7-9-11-13-15-17-19-20-21-22-23-24-25-26-27-31-34-38-42-46-50-54-58-64(69)63(62-68)67-65(70)59-55-51-47-43-39-35-32-28-29-33-37-41-45-49-53-57-61-72-66(71)60-56-52-48-44-40-36-30-18-16-14-12-10-8-6-4-2/h54,58,63-64,68-69H,3-53,55-57,59-62H2,1-2H3,(H,67,70)/b58-54+. The molecule has 0 bridgehead atoms. The molecule has 0 aromatic rings. The van der Waals surface area contributed by atoms with Gasteiger partial charge in [0, 0.05) is 12.8 Å². The first-order chi connectivity index (χ1) is 35.5. The number of nitrogens with one attached hydrogen (secondary N) is 1. The third-order valence-electron chi connectivity index (χ3n) is 15.6. The molecule has 0 aromatic carbocycles. The van der Waals surface area contributed by atoms with Gasteiger partial charge in [0.1, 0.15) is 0 Å². The summed E-state index contributed by atoms with van der Waals surface area (Å²) in [6, 6.07) is -0.633. The van der Waals surface area contributed by atoms with E-state index in [2.05, 4.69) is 19.2 Å². The van der Waals surface area contributed by atoms with Crippen molar-refractivity contribution in [1.82, 2.24) is 5.32 Å². The summed E-state index contributed by atoms with van der Waals surface area (Å²) in [7, 11) is 0. The van der Waals surface area contributed by atoms with Crippen LogP contribution in [0, 0.1) is 0 Å². The van der Waals surface area contributed by atoms with E-state index in [-0.39, 0.29) is 18.5 Å². The lowest BCUT2D eigenvalue weighted by molar-refractivity contribution is -0.143. The maximum atomic E-state index is 12.5. The van der Waals surface area contributed by atoms with Crippen LogP contribution in [0.4, 0.5) is 0 Å². The number of esters is 1. The molecule has 0 fully saturated rings. The van der Waals surface area contributed by atoms with Crippen LogP contribution in [0.15, 0.2) is 12.2 Å². The van der Waals surface area contributed by atoms with E-state index >= 15 is 0 Å². The number of unbranched alkanes of at least 4 members (excludes halogenated alkanes) is 51. The Labute approximate surface area is 450 Å². The molecule has 0 saturated heterocycles. The summed E-state index contributed by atoms with van der Waals surface area (Å²) < 4.78 is 5.49.